The molecule has 40 heavy (non-hydrogen) atoms. The summed E-state index contributed by atoms with van der Waals surface area (Å²) in [4.78, 5) is 4.24. The molecular weight excluding hydrogens is 531 g/mol. The number of nitrogens with zero attached hydrogens (tertiary/aromatic N) is 3. The largest absolute Gasteiger partial charge is 0.499 e. The number of halogens is 5. The van der Waals surface area contributed by atoms with Crippen LogP contribution in [0.3, 0.4) is 0 Å². The molecule has 204 valence electrons. The van der Waals surface area contributed by atoms with Crippen molar-refractivity contribution in [1.82, 2.24) is 14.8 Å². The predicted octanol–water partition coefficient (Wildman–Crippen LogP) is 7.24. The second-order valence-corrected chi connectivity index (χ2v) is 8.74. The summed E-state index contributed by atoms with van der Waals surface area (Å²) in [7, 11) is 0. The van der Waals surface area contributed by atoms with Crippen molar-refractivity contribution in [3.8, 4) is 34.0 Å². The fourth-order valence-electron chi connectivity index (χ4n) is 3.87. The molecule has 4 aromatic carbocycles. The molecule has 0 fully saturated rings. The number of nitrogens with one attached hydrogen (secondary N) is 1. The molecule has 0 aliphatic rings. The zero-order chi connectivity index (χ0) is 28.3. The maximum absolute atomic E-state index is 13.1. The van der Waals surface area contributed by atoms with Gasteiger partial charge in [0, 0.05) is 16.8 Å². The molecule has 0 aliphatic carbocycles. The van der Waals surface area contributed by atoms with Gasteiger partial charge in [0.25, 0.3) is 0 Å². The summed E-state index contributed by atoms with van der Waals surface area (Å²) in [6.07, 6.45) is -10.7. The van der Waals surface area contributed by atoms with Crippen molar-refractivity contribution in [3.05, 3.63) is 115 Å². The summed E-state index contributed by atoms with van der Waals surface area (Å²) in [5.74, 6) is -0.296. The second-order valence-electron chi connectivity index (χ2n) is 8.74. The Bertz CT molecular complexity index is 1570. The molecule has 1 heterocycles. The summed E-state index contributed by atoms with van der Waals surface area (Å²) < 4.78 is 68.4. The average molecular weight is 553 g/mol. The number of benzene rings is 4. The number of hydrogen-bond acceptors (Lipinski definition) is 5. The van der Waals surface area contributed by atoms with Crippen LogP contribution in [0.5, 0.6) is 5.75 Å². The Kier molecular flexibility index (Phi) is 7.22. The molecule has 1 unspecified atom stereocenters. The van der Waals surface area contributed by atoms with Crippen LogP contribution in [0.15, 0.2) is 109 Å². The van der Waals surface area contributed by atoms with E-state index in [1.165, 1.54) is 23.1 Å². The molecule has 0 aliphatic heterocycles. The van der Waals surface area contributed by atoms with Crippen molar-refractivity contribution in [2.45, 2.75) is 18.5 Å². The first-order valence-electron chi connectivity index (χ1n) is 12.0. The highest BCUT2D eigenvalue weighted by Gasteiger charge is 2.61. The predicted molar refractivity (Wildman–Crippen MR) is 139 cm³/mol. The number of anilines is 1. The fraction of sp³-hybridized carbons (Fsp3) is 0.103. The molecule has 0 radical (unpaired) electrons. The smallest absolute Gasteiger partial charge is 0.426 e. The van der Waals surface area contributed by atoms with Gasteiger partial charge >= 0.3 is 12.3 Å². The van der Waals surface area contributed by atoms with Crippen molar-refractivity contribution < 1.29 is 31.8 Å². The van der Waals surface area contributed by atoms with E-state index in [9.17, 15) is 27.1 Å². The van der Waals surface area contributed by atoms with Crippen LogP contribution in [0.4, 0.5) is 27.6 Å². The standard InChI is InChI=1S/C29H21F5N4O2/c30-28(31,32)29(33,34)40-25-15-13-24(14-16-25)38-18-35-26(37-38)20-9-11-23(12-10-20)36-27(39)22-8-4-7-21(17-22)19-5-2-1-3-6-19/h1-18,27,36,39H. The van der Waals surface area contributed by atoms with E-state index in [0.29, 0.717) is 28.3 Å². The molecule has 0 amide bonds. The molecule has 0 spiro atoms. The van der Waals surface area contributed by atoms with Gasteiger partial charge in [-0.05, 0) is 65.7 Å². The molecular formula is C29H21F5N4O2. The first-order valence-corrected chi connectivity index (χ1v) is 12.0. The lowest BCUT2D eigenvalue weighted by Gasteiger charge is -2.20. The minimum absolute atomic E-state index is 0.353. The van der Waals surface area contributed by atoms with Gasteiger partial charge in [0.05, 0.1) is 5.69 Å². The third-order valence-corrected chi connectivity index (χ3v) is 5.93. The lowest BCUT2D eigenvalue weighted by Crippen LogP contribution is -2.41. The SMILES string of the molecule is OC(Nc1ccc(-c2ncn(-c3ccc(OC(F)(F)C(F)(F)F)cc3)n2)cc1)c1cccc(-c2ccccc2)c1. The third-order valence-electron chi connectivity index (χ3n) is 5.93. The van der Waals surface area contributed by atoms with E-state index in [-0.39, 0.29) is 0 Å². The van der Waals surface area contributed by atoms with E-state index in [0.717, 1.165) is 23.3 Å². The molecule has 0 bridgehead atoms. The lowest BCUT2D eigenvalue weighted by atomic mass is 10.0. The molecule has 5 rings (SSSR count). The topological polar surface area (TPSA) is 72.2 Å². The maximum Gasteiger partial charge on any atom is 0.499 e. The van der Waals surface area contributed by atoms with Crippen LogP contribution in [0, 0.1) is 0 Å². The van der Waals surface area contributed by atoms with Gasteiger partial charge in [-0.3, -0.25) is 0 Å². The molecule has 6 nitrogen and oxygen atoms in total. The second kappa shape index (κ2) is 10.8. The monoisotopic (exact) mass is 552 g/mol. The van der Waals surface area contributed by atoms with Crippen LogP contribution < -0.4 is 10.1 Å². The van der Waals surface area contributed by atoms with Gasteiger partial charge in [0.1, 0.15) is 12.1 Å². The maximum atomic E-state index is 13.1. The summed E-state index contributed by atoms with van der Waals surface area (Å²) in [5, 5.41) is 18.1. The van der Waals surface area contributed by atoms with Gasteiger partial charge in [0.15, 0.2) is 12.1 Å². The Labute approximate surface area is 225 Å². The first-order chi connectivity index (χ1) is 19.1. The Morgan fingerprint density at radius 1 is 0.750 bits per heavy atom. The molecule has 0 saturated heterocycles. The lowest BCUT2D eigenvalue weighted by molar-refractivity contribution is -0.360. The quantitative estimate of drug-likeness (QED) is 0.157. The Balaban J connectivity index is 1.24. The summed E-state index contributed by atoms with van der Waals surface area (Å²) in [6, 6.07) is 29.0. The number of aromatic nitrogens is 3. The highest BCUT2D eigenvalue weighted by molar-refractivity contribution is 5.65. The van der Waals surface area contributed by atoms with Gasteiger partial charge in [-0.25, -0.2) is 9.67 Å². The zero-order valence-corrected chi connectivity index (χ0v) is 20.6. The molecule has 11 heteroatoms. The summed E-state index contributed by atoms with van der Waals surface area (Å²) >= 11 is 0. The number of ether oxygens (including phenoxy) is 1. The molecule has 1 aromatic heterocycles. The van der Waals surface area contributed by atoms with Crippen LogP contribution in [0.25, 0.3) is 28.2 Å². The van der Waals surface area contributed by atoms with Crippen LogP contribution in [-0.4, -0.2) is 32.2 Å². The van der Waals surface area contributed by atoms with Crippen molar-refractivity contribution in [2.24, 2.45) is 0 Å². The molecule has 2 N–H and O–H groups in total. The Morgan fingerprint density at radius 2 is 1.43 bits per heavy atom. The average Bonchev–Trinajstić information content (AvgIpc) is 3.44. The Morgan fingerprint density at radius 3 is 2.10 bits per heavy atom. The van der Waals surface area contributed by atoms with Gasteiger partial charge in [-0.2, -0.15) is 22.0 Å². The third kappa shape index (κ3) is 5.94. The minimum atomic E-state index is -5.83. The van der Waals surface area contributed by atoms with Crippen molar-refractivity contribution in [2.75, 3.05) is 5.32 Å². The highest BCUT2D eigenvalue weighted by atomic mass is 19.4. The van der Waals surface area contributed by atoms with Gasteiger partial charge < -0.3 is 15.2 Å². The van der Waals surface area contributed by atoms with Gasteiger partial charge in [-0.15, -0.1) is 5.10 Å². The number of alkyl halides is 5. The van der Waals surface area contributed by atoms with Crippen LogP contribution in [-0.2, 0) is 0 Å². The fourth-order valence-corrected chi connectivity index (χ4v) is 3.87. The first kappa shape index (κ1) is 26.8. The van der Waals surface area contributed by atoms with E-state index < -0.39 is 24.3 Å². The van der Waals surface area contributed by atoms with E-state index in [2.05, 4.69) is 20.1 Å². The molecule has 5 aromatic rings. The Hall–Kier alpha value is -4.77. The van der Waals surface area contributed by atoms with Crippen molar-refractivity contribution in [1.29, 1.82) is 0 Å². The van der Waals surface area contributed by atoms with Gasteiger partial charge in [-0.1, -0.05) is 48.5 Å². The van der Waals surface area contributed by atoms with Gasteiger partial charge in [0.2, 0.25) is 0 Å². The highest BCUT2D eigenvalue weighted by Crippen LogP contribution is 2.37. The zero-order valence-electron chi connectivity index (χ0n) is 20.6. The van der Waals surface area contributed by atoms with Crippen LogP contribution >= 0.6 is 0 Å². The molecule has 1 atom stereocenters. The number of aliphatic hydroxyl groups excluding tert-OH is 1. The summed E-state index contributed by atoms with van der Waals surface area (Å²) in [5.41, 5.74) is 4.42. The van der Waals surface area contributed by atoms with Crippen LogP contribution in [0.1, 0.15) is 11.8 Å². The number of aliphatic hydroxyl groups is 1. The molecule has 0 saturated carbocycles. The number of hydrogen-bond donors (Lipinski definition) is 2. The van der Waals surface area contributed by atoms with Crippen LogP contribution in [0.2, 0.25) is 0 Å². The normalized spacial score (nSPS) is 12.7. The van der Waals surface area contributed by atoms with E-state index >= 15 is 0 Å². The van der Waals surface area contributed by atoms with E-state index in [1.807, 2.05) is 54.6 Å². The summed E-state index contributed by atoms with van der Waals surface area (Å²) in [6.45, 7) is 0. The van der Waals surface area contributed by atoms with Crippen molar-refractivity contribution in [3.63, 3.8) is 0 Å². The van der Waals surface area contributed by atoms with E-state index in [1.54, 1.807) is 24.3 Å². The van der Waals surface area contributed by atoms with E-state index in [4.69, 9.17) is 0 Å². The number of rotatable bonds is 8. The minimum Gasteiger partial charge on any atom is -0.426 e. The van der Waals surface area contributed by atoms with Crippen molar-refractivity contribution >= 4 is 5.69 Å².